The molecule has 136 valence electrons. The number of amides is 2. The van der Waals surface area contributed by atoms with Crippen molar-refractivity contribution >= 4 is 17.5 Å². The van der Waals surface area contributed by atoms with E-state index in [1.165, 1.54) is 0 Å². The molecule has 3 rings (SSSR count). The Hall–Kier alpha value is -2.73. The van der Waals surface area contributed by atoms with E-state index in [0.29, 0.717) is 30.3 Å². The second-order valence-electron chi connectivity index (χ2n) is 6.71. The van der Waals surface area contributed by atoms with Crippen molar-refractivity contribution in [3.8, 4) is 0 Å². The zero-order valence-electron chi connectivity index (χ0n) is 14.7. The Kier molecular flexibility index (Phi) is 5.96. The summed E-state index contributed by atoms with van der Waals surface area (Å²) in [6, 6.07) is 12.8. The predicted molar refractivity (Wildman–Crippen MR) is 100 cm³/mol. The molecular formula is C20H24N4O2. The summed E-state index contributed by atoms with van der Waals surface area (Å²) in [5.74, 6) is 0.0521. The van der Waals surface area contributed by atoms with E-state index >= 15 is 0 Å². The van der Waals surface area contributed by atoms with E-state index in [0.717, 1.165) is 24.8 Å². The normalized spacial score (nSPS) is 19.1. The molecule has 0 radical (unpaired) electrons. The number of hydrogen-bond donors (Lipinski definition) is 3. The van der Waals surface area contributed by atoms with E-state index in [2.05, 4.69) is 15.6 Å². The number of nitrogens with two attached hydrogens (primary N) is 1. The predicted octanol–water partition coefficient (Wildman–Crippen LogP) is 2.47. The maximum absolute atomic E-state index is 12.2. The maximum atomic E-state index is 12.2. The van der Waals surface area contributed by atoms with Gasteiger partial charge in [0.05, 0.1) is 0 Å². The summed E-state index contributed by atoms with van der Waals surface area (Å²) < 4.78 is 0. The average Bonchev–Trinajstić information content (AvgIpc) is 3.06. The standard InChI is InChI=1S/C20H24N4O2/c21-17-8-4-6-15(17)12-19(25)23-13-14-5-3-7-16(11-14)24-20(26)18-9-1-2-10-22-18/h1-3,5,7,9-11,15,17H,4,6,8,12-13,21H2,(H,23,25)(H,24,26)/t15-,17+/m0/s1. The minimum atomic E-state index is -0.262. The summed E-state index contributed by atoms with van der Waals surface area (Å²) in [6.45, 7) is 0.425. The second kappa shape index (κ2) is 8.58. The van der Waals surface area contributed by atoms with Crippen LogP contribution in [0.5, 0.6) is 0 Å². The van der Waals surface area contributed by atoms with Gasteiger partial charge in [-0.1, -0.05) is 24.6 Å². The van der Waals surface area contributed by atoms with Crippen LogP contribution < -0.4 is 16.4 Å². The van der Waals surface area contributed by atoms with Gasteiger partial charge in [0.1, 0.15) is 5.69 Å². The van der Waals surface area contributed by atoms with Crippen LogP contribution in [0.15, 0.2) is 48.7 Å². The SMILES string of the molecule is N[C@@H]1CCC[C@H]1CC(=O)NCc1cccc(NC(=O)c2ccccn2)c1. The molecule has 1 fully saturated rings. The fourth-order valence-corrected chi connectivity index (χ4v) is 3.28. The third-order valence-electron chi connectivity index (χ3n) is 4.74. The van der Waals surface area contributed by atoms with Crippen LogP contribution in [0.2, 0.25) is 0 Å². The molecule has 1 aromatic heterocycles. The van der Waals surface area contributed by atoms with Gasteiger partial charge in [-0.3, -0.25) is 14.6 Å². The van der Waals surface area contributed by atoms with Crippen molar-refractivity contribution < 1.29 is 9.59 Å². The molecule has 2 amide bonds. The topological polar surface area (TPSA) is 97.1 Å². The van der Waals surface area contributed by atoms with Gasteiger partial charge in [0.25, 0.3) is 5.91 Å². The van der Waals surface area contributed by atoms with E-state index in [1.54, 1.807) is 24.4 Å². The first-order chi connectivity index (χ1) is 12.6. The number of carbonyl (C=O) groups is 2. The molecule has 2 atom stereocenters. The minimum absolute atomic E-state index is 0.0234. The van der Waals surface area contributed by atoms with Gasteiger partial charge in [-0.15, -0.1) is 0 Å². The van der Waals surface area contributed by atoms with Gasteiger partial charge in [-0.25, -0.2) is 0 Å². The number of aromatic nitrogens is 1. The number of nitrogens with zero attached hydrogens (tertiary/aromatic N) is 1. The molecule has 4 N–H and O–H groups in total. The van der Waals surface area contributed by atoms with Gasteiger partial charge in [0.15, 0.2) is 0 Å². The lowest BCUT2D eigenvalue weighted by atomic mass is 10.00. The molecule has 1 saturated carbocycles. The maximum Gasteiger partial charge on any atom is 0.274 e. The molecule has 26 heavy (non-hydrogen) atoms. The molecule has 2 aromatic rings. The molecule has 0 spiro atoms. The number of rotatable bonds is 6. The van der Waals surface area contributed by atoms with Crippen molar-refractivity contribution in [1.82, 2.24) is 10.3 Å². The Bertz CT molecular complexity index is 763. The van der Waals surface area contributed by atoms with Crippen LogP contribution in [0.1, 0.15) is 41.7 Å². The highest BCUT2D eigenvalue weighted by Gasteiger charge is 2.25. The highest BCUT2D eigenvalue weighted by atomic mass is 16.2. The summed E-state index contributed by atoms with van der Waals surface area (Å²) in [4.78, 5) is 28.3. The molecule has 1 heterocycles. The van der Waals surface area contributed by atoms with E-state index < -0.39 is 0 Å². The molecule has 0 saturated heterocycles. The summed E-state index contributed by atoms with van der Waals surface area (Å²) in [5.41, 5.74) is 7.98. The molecule has 0 aliphatic heterocycles. The Balaban J connectivity index is 1.52. The molecule has 1 aliphatic rings. The molecule has 1 aromatic carbocycles. The van der Waals surface area contributed by atoms with Crippen LogP contribution in [0.4, 0.5) is 5.69 Å². The molecule has 0 unspecified atom stereocenters. The first-order valence-electron chi connectivity index (χ1n) is 8.95. The summed E-state index contributed by atoms with van der Waals surface area (Å²) in [5, 5.41) is 5.76. The first-order valence-corrected chi connectivity index (χ1v) is 8.95. The van der Waals surface area contributed by atoms with E-state index in [9.17, 15) is 9.59 Å². The number of anilines is 1. The zero-order chi connectivity index (χ0) is 18.4. The number of pyridine rings is 1. The lowest BCUT2D eigenvalue weighted by molar-refractivity contribution is -0.122. The minimum Gasteiger partial charge on any atom is -0.352 e. The molecule has 1 aliphatic carbocycles. The number of benzene rings is 1. The average molecular weight is 352 g/mol. The number of hydrogen-bond acceptors (Lipinski definition) is 4. The number of nitrogens with one attached hydrogen (secondary N) is 2. The van der Waals surface area contributed by atoms with E-state index in [4.69, 9.17) is 5.73 Å². The third-order valence-corrected chi connectivity index (χ3v) is 4.74. The van der Waals surface area contributed by atoms with Crippen molar-refractivity contribution in [2.24, 2.45) is 11.7 Å². The second-order valence-corrected chi connectivity index (χ2v) is 6.71. The number of carbonyl (C=O) groups excluding carboxylic acids is 2. The summed E-state index contributed by atoms with van der Waals surface area (Å²) >= 11 is 0. The van der Waals surface area contributed by atoms with Crippen molar-refractivity contribution in [3.63, 3.8) is 0 Å². The molecule has 6 heteroatoms. The third kappa shape index (κ3) is 4.89. The lowest BCUT2D eigenvalue weighted by Gasteiger charge is -2.15. The van der Waals surface area contributed by atoms with Gasteiger partial charge in [0, 0.05) is 30.9 Å². The van der Waals surface area contributed by atoms with Crippen LogP contribution in [-0.4, -0.2) is 22.8 Å². The lowest BCUT2D eigenvalue weighted by Crippen LogP contribution is -2.31. The molecule has 6 nitrogen and oxygen atoms in total. The fourth-order valence-electron chi connectivity index (χ4n) is 3.28. The summed E-state index contributed by atoms with van der Waals surface area (Å²) in [6.07, 6.45) is 5.21. The van der Waals surface area contributed by atoms with E-state index in [-0.39, 0.29) is 17.9 Å². The zero-order valence-corrected chi connectivity index (χ0v) is 14.7. The van der Waals surface area contributed by atoms with Gasteiger partial charge in [0.2, 0.25) is 5.91 Å². The van der Waals surface area contributed by atoms with Crippen molar-refractivity contribution in [1.29, 1.82) is 0 Å². The van der Waals surface area contributed by atoms with Crippen LogP contribution in [0.3, 0.4) is 0 Å². The Labute approximate surface area is 153 Å². The molecule has 0 bridgehead atoms. The van der Waals surface area contributed by atoms with Gasteiger partial charge in [-0.05, 0) is 48.6 Å². The van der Waals surface area contributed by atoms with Crippen molar-refractivity contribution in [2.75, 3.05) is 5.32 Å². The van der Waals surface area contributed by atoms with E-state index in [1.807, 2.05) is 24.3 Å². The highest BCUT2D eigenvalue weighted by Crippen LogP contribution is 2.26. The Morgan fingerprint density at radius 3 is 2.77 bits per heavy atom. The van der Waals surface area contributed by atoms with Crippen LogP contribution >= 0.6 is 0 Å². The fraction of sp³-hybridized carbons (Fsp3) is 0.350. The highest BCUT2D eigenvalue weighted by molar-refractivity contribution is 6.02. The van der Waals surface area contributed by atoms with Crippen LogP contribution in [-0.2, 0) is 11.3 Å². The van der Waals surface area contributed by atoms with Gasteiger partial charge >= 0.3 is 0 Å². The Morgan fingerprint density at radius 2 is 2.04 bits per heavy atom. The van der Waals surface area contributed by atoms with Crippen LogP contribution in [0, 0.1) is 5.92 Å². The van der Waals surface area contributed by atoms with Gasteiger partial charge < -0.3 is 16.4 Å². The smallest absolute Gasteiger partial charge is 0.274 e. The monoisotopic (exact) mass is 352 g/mol. The summed E-state index contributed by atoms with van der Waals surface area (Å²) in [7, 11) is 0. The quantitative estimate of drug-likeness (QED) is 0.744. The van der Waals surface area contributed by atoms with Crippen molar-refractivity contribution in [3.05, 3.63) is 59.9 Å². The van der Waals surface area contributed by atoms with Gasteiger partial charge in [-0.2, -0.15) is 0 Å². The Morgan fingerprint density at radius 1 is 1.15 bits per heavy atom. The first kappa shape index (κ1) is 18.1. The molecular weight excluding hydrogens is 328 g/mol. The largest absolute Gasteiger partial charge is 0.352 e. The van der Waals surface area contributed by atoms with Crippen molar-refractivity contribution in [2.45, 2.75) is 38.3 Å². The van der Waals surface area contributed by atoms with Crippen LogP contribution in [0.25, 0.3) is 0 Å².